The number of ketones is 1. The molecular weight excluding hydrogens is 164 g/mol. The average molecular weight is 180 g/mol. The summed E-state index contributed by atoms with van der Waals surface area (Å²) >= 11 is 0. The van der Waals surface area contributed by atoms with Gasteiger partial charge in [-0.15, -0.1) is 0 Å². The van der Waals surface area contributed by atoms with Gasteiger partial charge in [0.2, 0.25) is 0 Å². The lowest BCUT2D eigenvalue weighted by Crippen LogP contribution is -2.24. The van der Waals surface area contributed by atoms with E-state index in [2.05, 4.69) is 5.32 Å². The van der Waals surface area contributed by atoms with Crippen LogP contribution in [-0.4, -0.2) is 18.0 Å². The van der Waals surface area contributed by atoms with E-state index in [1.807, 2.05) is 13.8 Å². The van der Waals surface area contributed by atoms with Crippen molar-refractivity contribution in [3.63, 3.8) is 0 Å². The lowest BCUT2D eigenvalue weighted by Gasteiger charge is -2.17. The molecule has 0 aliphatic heterocycles. The fraction of sp³-hybridized carbons (Fsp3) is 0.600. The average Bonchev–Trinajstić information content (AvgIpc) is 2.04. The highest BCUT2D eigenvalue weighted by atomic mass is 16.1. The molecule has 3 nitrogen and oxygen atoms in total. The van der Waals surface area contributed by atoms with Gasteiger partial charge in [0, 0.05) is 24.4 Å². The first-order valence-electron chi connectivity index (χ1n) is 4.72. The van der Waals surface area contributed by atoms with Crippen molar-refractivity contribution >= 4 is 11.5 Å². The molecule has 0 aromatic carbocycles. The largest absolute Gasteiger partial charge is 0.388 e. The quantitative estimate of drug-likeness (QED) is 0.635. The molecule has 1 saturated carbocycles. The molecule has 0 spiro atoms. The highest BCUT2D eigenvalue weighted by Crippen LogP contribution is 2.18. The van der Waals surface area contributed by atoms with Crippen LogP contribution >= 0.6 is 0 Å². The van der Waals surface area contributed by atoms with E-state index < -0.39 is 0 Å². The Labute approximate surface area is 78.7 Å². The standard InChI is InChI=1S/C10H16N2O/c1-3-12-7(2)10-8(11)5-4-6-9(10)13/h11-12H,3-6H2,1-2H3/b10-7+,11-8?. The minimum atomic E-state index is 0.120. The Balaban J connectivity index is 2.90. The smallest absolute Gasteiger partial charge is 0.166 e. The number of carbonyl (C=O) groups is 1. The Morgan fingerprint density at radius 1 is 1.54 bits per heavy atom. The van der Waals surface area contributed by atoms with Crippen molar-refractivity contribution in [3.05, 3.63) is 11.3 Å². The minimum absolute atomic E-state index is 0.120. The molecule has 0 saturated heterocycles. The maximum atomic E-state index is 11.5. The van der Waals surface area contributed by atoms with Gasteiger partial charge in [-0.25, -0.2) is 0 Å². The third-order valence-electron chi connectivity index (χ3n) is 2.23. The second-order valence-electron chi connectivity index (χ2n) is 3.29. The molecule has 2 N–H and O–H groups in total. The van der Waals surface area contributed by atoms with Gasteiger partial charge in [0.05, 0.1) is 5.57 Å². The van der Waals surface area contributed by atoms with E-state index in [0.29, 0.717) is 17.7 Å². The molecule has 0 atom stereocenters. The van der Waals surface area contributed by atoms with Crippen LogP contribution in [0.2, 0.25) is 0 Å². The van der Waals surface area contributed by atoms with Crippen LogP contribution < -0.4 is 5.32 Å². The number of Topliss-reactive ketones (excluding diaryl/α,β-unsaturated/α-hetero) is 1. The fourth-order valence-corrected chi connectivity index (χ4v) is 1.63. The van der Waals surface area contributed by atoms with E-state index in [4.69, 9.17) is 5.41 Å². The summed E-state index contributed by atoms with van der Waals surface area (Å²) in [6, 6.07) is 0. The van der Waals surface area contributed by atoms with Crippen LogP contribution in [0.5, 0.6) is 0 Å². The van der Waals surface area contributed by atoms with Crippen molar-refractivity contribution < 1.29 is 4.79 Å². The first kappa shape index (κ1) is 9.96. The van der Waals surface area contributed by atoms with Gasteiger partial charge in [-0.1, -0.05) is 0 Å². The molecular formula is C10H16N2O. The Kier molecular flexibility index (Phi) is 3.23. The topological polar surface area (TPSA) is 53.0 Å². The molecule has 1 rings (SSSR count). The third kappa shape index (κ3) is 2.17. The second kappa shape index (κ2) is 4.21. The molecule has 0 radical (unpaired) electrons. The van der Waals surface area contributed by atoms with E-state index >= 15 is 0 Å². The molecule has 0 bridgehead atoms. The maximum Gasteiger partial charge on any atom is 0.166 e. The van der Waals surface area contributed by atoms with Gasteiger partial charge >= 0.3 is 0 Å². The summed E-state index contributed by atoms with van der Waals surface area (Å²) in [5.41, 5.74) is 1.97. The van der Waals surface area contributed by atoms with Crippen molar-refractivity contribution in [2.45, 2.75) is 33.1 Å². The van der Waals surface area contributed by atoms with Crippen LogP contribution in [0.25, 0.3) is 0 Å². The predicted molar refractivity (Wildman–Crippen MR) is 53.0 cm³/mol. The zero-order chi connectivity index (χ0) is 9.84. The predicted octanol–water partition coefficient (Wildman–Crippen LogP) is 1.64. The SMILES string of the molecule is CCN/C(C)=C1\C(=N)CCCC1=O. The molecule has 0 aromatic rings. The third-order valence-corrected chi connectivity index (χ3v) is 2.23. The zero-order valence-corrected chi connectivity index (χ0v) is 8.24. The molecule has 13 heavy (non-hydrogen) atoms. The van der Waals surface area contributed by atoms with Crippen molar-refractivity contribution in [3.8, 4) is 0 Å². The van der Waals surface area contributed by atoms with Gasteiger partial charge in [0.25, 0.3) is 0 Å². The Hall–Kier alpha value is -1.12. The summed E-state index contributed by atoms with van der Waals surface area (Å²) in [6.07, 6.45) is 2.17. The summed E-state index contributed by atoms with van der Waals surface area (Å²) in [5, 5.41) is 10.8. The van der Waals surface area contributed by atoms with Crippen LogP contribution in [0.1, 0.15) is 33.1 Å². The van der Waals surface area contributed by atoms with Crippen LogP contribution in [0.3, 0.4) is 0 Å². The second-order valence-corrected chi connectivity index (χ2v) is 3.29. The molecule has 0 unspecified atom stereocenters. The maximum absolute atomic E-state index is 11.5. The van der Waals surface area contributed by atoms with E-state index in [9.17, 15) is 4.79 Å². The monoisotopic (exact) mass is 180 g/mol. The van der Waals surface area contributed by atoms with Gasteiger partial charge in [0.15, 0.2) is 5.78 Å². The first-order valence-corrected chi connectivity index (χ1v) is 4.72. The van der Waals surface area contributed by atoms with Crippen LogP contribution in [0.4, 0.5) is 0 Å². The van der Waals surface area contributed by atoms with E-state index in [0.717, 1.165) is 25.1 Å². The van der Waals surface area contributed by atoms with Crippen molar-refractivity contribution in [2.24, 2.45) is 0 Å². The van der Waals surface area contributed by atoms with Crippen LogP contribution in [0, 0.1) is 5.41 Å². The lowest BCUT2D eigenvalue weighted by molar-refractivity contribution is -0.115. The lowest BCUT2D eigenvalue weighted by atomic mass is 9.90. The van der Waals surface area contributed by atoms with Gasteiger partial charge in [0.1, 0.15) is 0 Å². The van der Waals surface area contributed by atoms with E-state index in [-0.39, 0.29) is 5.78 Å². The van der Waals surface area contributed by atoms with Gasteiger partial charge < -0.3 is 10.7 Å². The Bertz CT molecular complexity index is 248. The summed E-state index contributed by atoms with van der Waals surface area (Å²) in [5.74, 6) is 0.120. The molecule has 0 heterocycles. The summed E-state index contributed by atoms with van der Waals surface area (Å²) in [6.45, 7) is 4.66. The number of hydrogen-bond donors (Lipinski definition) is 2. The number of allylic oxidation sites excluding steroid dienone is 2. The molecule has 72 valence electrons. The molecule has 1 fully saturated rings. The molecule has 0 aromatic heterocycles. The Morgan fingerprint density at radius 2 is 2.23 bits per heavy atom. The zero-order valence-electron chi connectivity index (χ0n) is 8.24. The number of nitrogens with one attached hydrogen (secondary N) is 2. The fourth-order valence-electron chi connectivity index (χ4n) is 1.63. The van der Waals surface area contributed by atoms with Crippen LogP contribution in [0.15, 0.2) is 11.3 Å². The van der Waals surface area contributed by atoms with E-state index in [1.54, 1.807) is 0 Å². The Morgan fingerprint density at radius 3 is 2.77 bits per heavy atom. The minimum Gasteiger partial charge on any atom is -0.388 e. The van der Waals surface area contributed by atoms with E-state index in [1.165, 1.54) is 0 Å². The highest BCUT2D eigenvalue weighted by molar-refractivity contribution is 6.23. The van der Waals surface area contributed by atoms with Crippen molar-refractivity contribution in [1.82, 2.24) is 5.32 Å². The molecule has 1 aliphatic carbocycles. The normalized spacial score (nSPS) is 21.7. The summed E-state index contributed by atoms with van der Waals surface area (Å²) < 4.78 is 0. The summed E-state index contributed by atoms with van der Waals surface area (Å²) in [7, 11) is 0. The van der Waals surface area contributed by atoms with Crippen molar-refractivity contribution in [2.75, 3.05) is 6.54 Å². The summed E-state index contributed by atoms with van der Waals surface area (Å²) in [4.78, 5) is 11.5. The van der Waals surface area contributed by atoms with Gasteiger partial charge in [-0.05, 0) is 26.7 Å². The van der Waals surface area contributed by atoms with Gasteiger partial charge in [-0.3, -0.25) is 4.79 Å². The molecule has 1 aliphatic rings. The molecule has 3 heteroatoms. The van der Waals surface area contributed by atoms with Crippen LogP contribution in [-0.2, 0) is 4.79 Å². The number of hydrogen-bond acceptors (Lipinski definition) is 3. The van der Waals surface area contributed by atoms with Gasteiger partial charge in [-0.2, -0.15) is 0 Å². The first-order chi connectivity index (χ1) is 6.16. The number of carbonyl (C=O) groups excluding carboxylic acids is 1. The highest BCUT2D eigenvalue weighted by Gasteiger charge is 2.21. The number of rotatable bonds is 2. The molecule has 0 amide bonds. The van der Waals surface area contributed by atoms with Crippen molar-refractivity contribution in [1.29, 1.82) is 5.41 Å².